The van der Waals surface area contributed by atoms with Gasteiger partial charge in [0, 0.05) is 6.20 Å². The number of nitrogens with zero attached hydrogens (tertiary/aromatic N) is 1. The summed E-state index contributed by atoms with van der Waals surface area (Å²) >= 11 is 0. The van der Waals surface area contributed by atoms with Crippen molar-refractivity contribution in [2.75, 3.05) is 0 Å². The highest BCUT2D eigenvalue weighted by Crippen LogP contribution is 2.14. The van der Waals surface area contributed by atoms with Gasteiger partial charge in [0.2, 0.25) is 0 Å². The number of aliphatic hydroxyl groups excluding tert-OH is 1. The van der Waals surface area contributed by atoms with Gasteiger partial charge in [0.05, 0.1) is 11.7 Å². The average molecular weight is 252 g/mol. The van der Waals surface area contributed by atoms with E-state index < -0.39 is 23.8 Å². The Morgan fingerprint density at radius 1 is 1.44 bits per heavy atom. The molecule has 5 nitrogen and oxygen atoms in total. The van der Waals surface area contributed by atoms with Gasteiger partial charge in [-0.3, -0.25) is 4.98 Å². The summed E-state index contributed by atoms with van der Waals surface area (Å²) in [4.78, 5) is 15.6. The van der Waals surface area contributed by atoms with E-state index in [0.717, 1.165) is 0 Å². The molecule has 1 heterocycles. The first kappa shape index (κ1) is 14.4. The average Bonchev–Trinajstić information content (AvgIpc) is 2.26. The fraction of sp³-hybridized carbons (Fsp3) is 0.538. The summed E-state index contributed by atoms with van der Waals surface area (Å²) in [7, 11) is 0. The molecule has 0 aliphatic heterocycles. The van der Waals surface area contributed by atoms with Crippen LogP contribution in [-0.2, 0) is 4.74 Å². The van der Waals surface area contributed by atoms with Crippen molar-refractivity contribution in [2.24, 2.45) is 0 Å². The van der Waals surface area contributed by atoms with Crippen molar-refractivity contribution in [2.45, 2.75) is 45.4 Å². The topological polar surface area (TPSA) is 71.5 Å². The molecule has 1 amide bonds. The highest BCUT2D eigenvalue weighted by molar-refractivity contribution is 5.68. The minimum atomic E-state index is -0.862. The number of nitrogens with one attached hydrogen (secondary N) is 1. The standard InChI is InChI=1S/C13H20N2O3/c1-9(15-12(17)18-13(2,3)4)11(16)10-7-5-6-8-14-10/h5-9,11,16H,1-4H3,(H,15,17)/t9-,11?/m0/s1. The van der Waals surface area contributed by atoms with Crippen LogP contribution in [0.25, 0.3) is 0 Å². The molecule has 0 fully saturated rings. The molecule has 2 N–H and O–H groups in total. The SMILES string of the molecule is C[C@H](NC(=O)OC(C)(C)C)C(O)c1ccccn1. The number of amides is 1. The molecule has 0 aromatic carbocycles. The van der Waals surface area contributed by atoms with E-state index in [9.17, 15) is 9.90 Å². The minimum absolute atomic E-state index is 0.477. The molecule has 2 atom stereocenters. The normalized spacial score (nSPS) is 14.7. The molecular formula is C13H20N2O3. The largest absolute Gasteiger partial charge is 0.444 e. The number of aromatic nitrogens is 1. The quantitative estimate of drug-likeness (QED) is 0.863. The maximum atomic E-state index is 11.5. The molecule has 0 saturated carbocycles. The molecule has 1 aromatic rings. The van der Waals surface area contributed by atoms with Gasteiger partial charge in [-0.2, -0.15) is 0 Å². The number of ether oxygens (including phenoxy) is 1. The second-order valence-corrected chi connectivity index (χ2v) is 5.13. The van der Waals surface area contributed by atoms with Crippen molar-refractivity contribution in [1.82, 2.24) is 10.3 Å². The first-order valence-corrected chi connectivity index (χ1v) is 5.88. The van der Waals surface area contributed by atoms with Gasteiger partial charge in [-0.25, -0.2) is 4.79 Å². The van der Waals surface area contributed by atoms with E-state index >= 15 is 0 Å². The van der Waals surface area contributed by atoms with Crippen LogP contribution in [0.3, 0.4) is 0 Å². The van der Waals surface area contributed by atoms with Crippen LogP contribution in [0.2, 0.25) is 0 Å². The van der Waals surface area contributed by atoms with Crippen LogP contribution in [0, 0.1) is 0 Å². The lowest BCUT2D eigenvalue weighted by molar-refractivity contribution is 0.0432. The smallest absolute Gasteiger partial charge is 0.407 e. The van der Waals surface area contributed by atoms with E-state index in [0.29, 0.717) is 5.69 Å². The lowest BCUT2D eigenvalue weighted by Crippen LogP contribution is -2.40. The third-order valence-electron chi connectivity index (χ3n) is 2.21. The fourth-order valence-corrected chi connectivity index (χ4v) is 1.38. The predicted octanol–water partition coefficient (Wildman–Crippen LogP) is 2.03. The van der Waals surface area contributed by atoms with Gasteiger partial charge in [-0.05, 0) is 39.8 Å². The highest BCUT2D eigenvalue weighted by atomic mass is 16.6. The Balaban J connectivity index is 2.55. The molecule has 0 spiro atoms. The Morgan fingerprint density at radius 2 is 2.11 bits per heavy atom. The lowest BCUT2D eigenvalue weighted by atomic mass is 10.1. The molecule has 100 valence electrons. The van der Waals surface area contributed by atoms with Gasteiger partial charge in [0.1, 0.15) is 11.7 Å². The Labute approximate surface area is 107 Å². The molecule has 1 unspecified atom stereocenters. The van der Waals surface area contributed by atoms with Gasteiger partial charge in [-0.1, -0.05) is 6.07 Å². The van der Waals surface area contributed by atoms with Crippen molar-refractivity contribution in [3.8, 4) is 0 Å². The number of aliphatic hydroxyl groups is 1. The number of pyridine rings is 1. The molecule has 0 bridgehead atoms. The first-order chi connectivity index (χ1) is 8.29. The molecule has 0 aliphatic carbocycles. The number of carbonyl (C=O) groups excluding carboxylic acids is 1. The summed E-state index contributed by atoms with van der Waals surface area (Å²) < 4.78 is 5.11. The number of carbonyl (C=O) groups is 1. The Hall–Kier alpha value is -1.62. The zero-order chi connectivity index (χ0) is 13.8. The molecule has 1 rings (SSSR count). The minimum Gasteiger partial charge on any atom is -0.444 e. The number of hydrogen-bond donors (Lipinski definition) is 2. The third kappa shape index (κ3) is 4.71. The van der Waals surface area contributed by atoms with Crippen LogP contribution >= 0.6 is 0 Å². The van der Waals surface area contributed by atoms with Crippen LogP contribution in [0.15, 0.2) is 24.4 Å². The van der Waals surface area contributed by atoms with Gasteiger partial charge in [-0.15, -0.1) is 0 Å². The van der Waals surface area contributed by atoms with Gasteiger partial charge < -0.3 is 15.2 Å². The molecule has 0 aliphatic rings. The lowest BCUT2D eigenvalue weighted by Gasteiger charge is -2.24. The third-order valence-corrected chi connectivity index (χ3v) is 2.21. The summed E-state index contributed by atoms with van der Waals surface area (Å²) in [6.07, 6.45) is 0.183. The number of alkyl carbamates (subject to hydrolysis) is 1. The van der Waals surface area contributed by atoms with E-state index in [1.807, 2.05) is 0 Å². The zero-order valence-electron chi connectivity index (χ0n) is 11.2. The van der Waals surface area contributed by atoms with Crippen molar-refractivity contribution in [3.63, 3.8) is 0 Å². The van der Waals surface area contributed by atoms with E-state index in [2.05, 4.69) is 10.3 Å². The fourth-order valence-electron chi connectivity index (χ4n) is 1.38. The Kier molecular flexibility index (Phi) is 4.67. The summed E-state index contributed by atoms with van der Waals surface area (Å²) in [5.74, 6) is 0. The maximum absolute atomic E-state index is 11.5. The Bertz CT molecular complexity index is 387. The van der Waals surface area contributed by atoms with Crippen molar-refractivity contribution >= 4 is 6.09 Å². The highest BCUT2D eigenvalue weighted by Gasteiger charge is 2.22. The van der Waals surface area contributed by atoms with Crippen LogP contribution in [0.1, 0.15) is 39.5 Å². The van der Waals surface area contributed by atoms with E-state index in [-0.39, 0.29) is 0 Å². The summed E-state index contributed by atoms with van der Waals surface area (Å²) in [6, 6.07) is 4.78. The number of rotatable bonds is 3. The van der Waals surface area contributed by atoms with Crippen LogP contribution < -0.4 is 5.32 Å². The monoisotopic (exact) mass is 252 g/mol. The molecule has 0 saturated heterocycles. The first-order valence-electron chi connectivity index (χ1n) is 5.88. The summed E-state index contributed by atoms with van der Waals surface area (Å²) in [5, 5.41) is 12.6. The van der Waals surface area contributed by atoms with Crippen LogP contribution in [-0.4, -0.2) is 27.8 Å². The molecule has 0 radical (unpaired) electrons. The van der Waals surface area contributed by atoms with Crippen LogP contribution in [0.4, 0.5) is 4.79 Å². The van der Waals surface area contributed by atoms with Gasteiger partial charge in [0.15, 0.2) is 0 Å². The zero-order valence-corrected chi connectivity index (χ0v) is 11.2. The van der Waals surface area contributed by atoms with Crippen molar-refractivity contribution in [1.29, 1.82) is 0 Å². The maximum Gasteiger partial charge on any atom is 0.407 e. The summed E-state index contributed by atoms with van der Waals surface area (Å²) in [6.45, 7) is 7.05. The van der Waals surface area contributed by atoms with Crippen molar-refractivity contribution < 1.29 is 14.6 Å². The second-order valence-electron chi connectivity index (χ2n) is 5.13. The number of hydrogen-bond acceptors (Lipinski definition) is 4. The van der Waals surface area contributed by atoms with E-state index in [4.69, 9.17) is 4.74 Å². The van der Waals surface area contributed by atoms with Gasteiger partial charge >= 0.3 is 6.09 Å². The van der Waals surface area contributed by atoms with Gasteiger partial charge in [0.25, 0.3) is 0 Å². The predicted molar refractivity (Wildman–Crippen MR) is 68.0 cm³/mol. The summed E-state index contributed by atoms with van der Waals surface area (Å²) in [5.41, 5.74) is -0.0409. The second kappa shape index (κ2) is 5.82. The van der Waals surface area contributed by atoms with Crippen LogP contribution in [0.5, 0.6) is 0 Å². The Morgan fingerprint density at radius 3 is 2.61 bits per heavy atom. The molecule has 18 heavy (non-hydrogen) atoms. The molecular weight excluding hydrogens is 232 g/mol. The molecule has 1 aromatic heterocycles. The van der Waals surface area contributed by atoms with E-state index in [1.165, 1.54) is 0 Å². The van der Waals surface area contributed by atoms with E-state index in [1.54, 1.807) is 52.1 Å². The molecule has 5 heteroatoms. The van der Waals surface area contributed by atoms with Crippen molar-refractivity contribution in [3.05, 3.63) is 30.1 Å².